The number of nitrogens with two attached hydrogens (primary N) is 2. The van der Waals surface area contributed by atoms with Crippen molar-refractivity contribution < 1.29 is 40.3 Å². The minimum absolute atomic E-state index is 0.0168. The van der Waals surface area contributed by atoms with Crippen LogP contribution in [0.15, 0.2) is 58.3 Å². The number of benzene rings is 3. The Morgan fingerprint density at radius 1 is 0.811 bits per heavy atom. The molecular weight excluding hydrogens is 528 g/mol. The molecule has 0 aromatic heterocycles. The summed E-state index contributed by atoms with van der Waals surface area (Å²) in [6.45, 7) is -0.408. The number of hydrogen-bond donors (Lipinski definition) is 6. The molecule has 37 heavy (non-hydrogen) atoms. The lowest BCUT2D eigenvalue weighted by Gasteiger charge is -2.24. The van der Waals surface area contributed by atoms with E-state index in [9.17, 15) is 40.3 Å². The van der Waals surface area contributed by atoms with E-state index in [2.05, 4.69) is 10.6 Å². The summed E-state index contributed by atoms with van der Waals surface area (Å²) in [6, 6.07) is 9.70. The molecule has 1 aliphatic carbocycles. The Labute approximate surface area is 210 Å². The normalized spacial score (nSPS) is 13.1. The smallest absolute Gasteiger partial charge is 0.296 e. The number of carbonyl (C=O) groups excluding carboxylic acids is 3. The van der Waals surface area contributed by atoms with E-state index >= 15 is 0 Å². The molecule has 0 fully saturated rings. The molecule has 0 aliphatic heterocycles. The highest BCUT2D eigenvalue weighted by Crippen LogP contribution is 2.41. The Morgan fingerprint density at radius 3 is 1.92 bits per heavy atom. The summed E-state index contributed by atoms with van der Waals surface area (Å²) in [5.41, 5.74) is 8.70. The van der Waals surface area contributed by atoms with E-state index in [1.165, 1.54) is 30.3 Å². The van der Waals surface area contributed by atoms with Crippen molar-refractivity contribution in [2.75, 3.05) is 22.9 Å². The molecular formula is C22H18N4O9S2. The van der Waals surface area contributed by atoms with Crippen molar-refractivity contribution in [2.45, 2.75) is 9.79 Å². The third-order valence-corrected chi connectivity index (χ3v) is 7.26. The standard InChI is InChI=1S/C22H18N4O9S2/c23-9-17(27)25-10-5-6-13(15(7-10)36(30,31)32)26-14-8-16(37(33,34)35)20(24)19-18(14)21(28)11-3-1-2-4-12(11)22(19)29/h1-8,26H,9,23-24H2,(H,25,27)(H,30,31,32)(H,33,34,35). The largest absolute Gasteiger partial charge is 0.397 e. The van der Waals surface area contributed by atoms with Crippen LogP contribution in [0.3, 0.4) is 0 Å². The molecule has 15 heteroatoms. The molecule has 0 spiro atoms. The molecule has 192 valence electrons. The van der Waals surface area contributed by atoms with Gasteiger partial charge in [-0.25, -0.2) is 0 Å². The number of amides is 1. The van der Waals surface area contributed by atoms with Crippen LogP contribution in [0.4, 0.5) is 22.7 Å². The summed E-state index contributed by atoms with van der Waals surface area (Å²) in [4.78, 5) is 36.5. The molecule has 0 unspecified atom stereocenters. The first kappa shape index (κ1) is 25.9. The zero-order valence-electron chi connectivity index (χ0n) is 18.5. The van der Waals surface area contributed by atoms with Crippen LogP contribution < -0.4 is 22.1 Å². The van der Waals surface area contributed by atoms with Crippen molar-refractivity contribution in [1.29, 1.82) is 0 Å². The van der Waals surface area contributed by atoms with Gasteiger partial charge in [-0.1, -0.05) is 24.3 Å². The summed E-state index contributed by atoms with van der Waals surface area (Å²) in [6.07, 6.45) is 0. The van der Waals surface area contributed by atoms with Crippen molar-refractivity contribution in [3.63, 3.8) is 0 Å². The van der Waals surface area contributed by atoms with Gasteiger partial charge in [-0.3, -0.25) is 23.5 Å². The second-order valence-corrected chi connectivity index (χ2v) is 10.6. The minimum Gasteiger partial charge on any atom is -0.397 e. The maximum absolute atomic E-state index is 13.4. The Bertz CT molecular complexity index is 1730. The second-order valence-electron chi connectivity index (χ2n) is 7.83. The molecule has 8 N–H and O–H groups in total. The Morgan fingerprint density at radius 2 is 1.38 bits per heavy atom. The molecule has 0 heterocycles. The fourth-order valence-corrected chi connectivity index (χ4v) is 5.20. The predicted octanol–water partition coefficient (Wildman–Crippen LogP) is 1.18. The zero-order valence-corrected chi connectivity index (χ0v) is 20.2. The van der Waals surface area contributed by atoms with Gasteiger partial charge < -0.3 is 22.1 Å². The number of ketones is 2. The minimum atomic E-state index is -5.02. The number of hydrogen-bond acceptors (Lipinski definition) is 10. The SMILES string of the molecule is NCC(=O)Nc1ccc(Nc2cc(S(=O)(=O)O)c(N)c3c2C(=O)c2ccccc2C3=O)c(S(=O)(=O)O)c1. The van der Waals surface area contributed by atoms with Gasteiger partial charge in [0.05, 0.1) is 34.7 Å². The van der Waals surface area contributed by atoms with E-state index in [4.69, 9.17) is 11.5 Å². The first-order chi connectivity index (χ1) is 17.2. The summed E-state index contributed by atoms with van der Waals surface area (Å²) in [5.74, 6) is -2.19. The van der Waals surface area contributed by atoms with Crippen molar-refractivity contribution in [2.24, 2.45) is 5.73 Å². The molecule has 0 bridgehead atoms. The molecule has 0 atom stereocenters. The first-order valence-electron chi connectivity index (χ1n) is 10.2. The van der Waals surface area contributed by atoms with E-state index < -0.39 is 71.0 Å². The average Bonchev–Trinajstić information content (AvgIpc) is 2.82. The van der Waals surface area contributed by atoms with E-state index in [0.29, 0.717) is 0 Å². The molecule has 1 aliphatic rings. The average molecular weight is 547 g/mol. The van der Waals surface area contributed by atoms with Crippen LogP contribution >= 0.6 is 0 Å². The summed E-state index contributed by atoms with van der Waals surface area (Å²) >= 11 is 0. The van der Waals surface area contributed by atoms with Crippen LogP contribution in [0.25, 0.3) is 0 Å². The summed E-state index contributed by atoms with van der Waals surface area (Å²) in [5, 5.41) is 4.85. The number of rotatable bonds is 6. The molecule has 1 amide bonds. The fraction of sp³-hybridized carbons (Fsp3) is 0.0455. The highest BCUT2D eigenvalue weighted by molar-refractivity contribution is 7.86. The van der Waals surface area contributed by atoms with Crippen LogP contribution in [0.1, 0.15) is 31.8 Å². The number of nitrogens with one attached hydrogen (secondary N) is 2. The topological polar surface area (TPSA) is 236 Å². The number of anilines is 4. The number of nitrogen functional groups attached to an aromatic ring is 1. The zero-order chi connectivity index (χ0) is 27.3. The highest BCUT2D eigenvalue weighted by atomic mass is 32.2. The molecule has 4 rings (SSSR count). The van der Waals surface area contributed by atoms with Gasteiger partial charge >= 0.3 is 0 Å². The first-order valence-corrected chi connectivity index (χ1v) is 13.1. The van der Waals surface area contributed by atoms with Crippen molar-refractivity contribution in [3.8, 4) is 0 Å². The van der Waals surface area contributed by atoms with Gasteiger partial charge in [-0.05, 0) is 24.3 Å². The summed E-state index contributed by atoms with van der Waals surface area (Å²) < 4.78 is 67.8. The van der Waals surface area contributed by atoms with Crippen LogP contribution in [-0.4, -0.2) is 50.0 Å². The van der Waals surface area contributed by atoms with Crippen LogP contribution in [0.2, 0.25) is 0 Å². The van der Waals surface area contributed by atoms with Crippen LogP contribution in [0, 0.1) is 0 Å². The van der Waals surface area contributed by atoms with Gasteiger partial charge in [0, 0.05) is 16.8 Å². The Balaban J connectivity index is 1.98. The maximum atomic E-state index is 13.4. The van der Waals surface area contributed by atoms with E-state index in [0.717, 1.165) is 18.2 Å². The third kappa shape index (κ3) is 4.68. The molecule has 0 saturated heterocycles. The maximum Gasteiger partial charge on any atom is 0.296 e. The predicted molar refractivity (Wildman–Crippen MR) is 131 cm³/mol. The van der Waals surface area contributed by atoms with E-state index in [-0.39, 0.29) is 28.1 Å². The van der Waals surface area contributed by atoms with Crippen LogP contribution in [-0.2, 0) is 25.0 Å². The Hall–Kier alpha value is -4.15. The second kappa shape index (κ2) is 9.06. The van der Waals surface area contributed by atoms with Gasteiger partial charge in [-0.2, -0.15) is 16.8 Å². The number of fused-ring (bicyclic) bond motifs is 2. The van der Waals surface area contributed by atoms with E-state index in [1.54, 1.807) is 0 Å². The fourth-order valence-electron chi connectivity index (χ4n) is 3.88. The van der Waals surface area contributed by atoms with Crippen LogP contribution in [0.5, 0.6) is 0 Å². The van der Waals surface area contributed by atoms with Gasteiger partial charge in [0.1, 0.15) is 9.79 Å². The van der Waals surface area contributed by atoms with Gasteiger partial charge in [0.25, 0.3) is 20.2 Å². The Kier molecular flexibility index (Phi) is 6.35. The van der Waals surface area contributed by atoms with Gasteiger partial charge in [-0.15, -0.1) is 0 Å². The third-order valence-electron chi connectivity index (χ3n) is 5.48. The van der Waals surface area contributed by atoms with E-state index in [1.807, 2.05) is 0 Å². The monoisotopic (exact) mass is 546 g/mol. The summed E-state index contributed by atoms with van der Waals surface area (Å²) in [7, 11) is -9.97. The van der Waals surface area contributed by atoms with Crippen molar-refractivity contribution >= 4 is 60.5 Å². The lowest BCUT2D eigenvalue weighted by molar-refractivity contribution is -0.114. The van der Waals surface area contributed by atoms with Crippen molar-refractivity contribution in [1.82, 2.24) is 0 Å². The lowest BCUT2D eigenvalue weighted by Crippen LogP contribution is -2.25. The van der Waals surface area contributed by atoms with Crippen molar-refractivity contribution in [3.05, 3.63) is 70.8 Å². The molecule has 0 radical (unpaired) electrons. The number of carbonyl (C=O) groups is 3. The highest BCUT2D eigenvalue weighted by Gasteiger charge is 2.36. The molecule has 0 saturated carbocycles. The lowest BCUT2D eigenvalue weighted by atomic mass is 9.82. The quantitative estimate of drug-likeness (QED) is 0.148. The molecule has 13 nitrogen and oxygen atoms in total. The molecule has 3 aromatic carbocycles. The molecule has 3 aromatic rings. The van der Waals surface area contributed by atoms with Gasteiger partial charge in [0.15, 0.2) is 11.6 Å². The van der Waals surface area contributed by atoms with Gasteiger partial charge in [0.2, 0.25) is 5.91 Å².